The number of rotatable bonds is 3. The first-order chi connectivity index (χ1) is 9.15. The molecule has 0 aromatic heterocycles. The fourth-order valence-electron chi connectivity index (χ4n) is 4.58. The molecule has 0 aromatic carbocycles. The van der Waals surface area contributed by atoms with Crippen molar-refractivity contribution in [3.63, 3.8) is 0 Å². The molecule has 3 atom stereocenters. The van der Waals surface area contributed by atoms with Crippen LogP contribution in [-0.4, -0.2) is 35.6 Å². The highest BCUT2D eigenvalue weighted by atomic mass is 15.3. The molecular formula is C17H32N2. The van der Waals surface area contributed by atoms with Crippen LogP contribution in [0.15, 0.2) is 0 Å². The molecule has 2 aliphatic carbocycles. The summed E-state index contributed by atoms with van der Waals surface area (Å²) in [6, 6.07) is 1.69. The molecule has 110 valence electrons. The molecule has 3 rings (SSSR count). The van der Waals surface area contributed by atoms with Crippen molar-refractivity contribution in [3.05, 3.63) is 0 Å². The van der Waals surface area contributed by atoms with Crippen LogP contribution in [0.1, 0.15) is 65.7 Å². The lowest BCUT2D eigenvalue weighted by Gasteiger charge is -2.51. The number of nitrogens with one attached hydrogen (secondary N) is 1. The molecule has 1 spiro atoms. The minimum absolute atomic E-state index is 0.477. The van der Waals surface area contributed by atoms with Gasteiger partial charge in [-0.2, -0.15) is 0 Å². The van der Waals surface area contributed by atoms with Crippen molar-refractivity contribution in [2.45, 2.75) is 83.3 Å². The summed E-state index contributed by atoms with van der Waals surface area (Å²) in [5.41, 5.74) is 0.477. The summed E-state index contributed by atoms with van der Waals surface area (Å²) in [4.78, 5) is 2.92. The number of nitrogens with zero attached hydrogens (tertiary/aromatic N) is 1. The summed E-state index contributed by atoms with van der Waals surface area (Å²) >= 11 is 0. The van der Waals surface area contributed by atoms with E-state index in [4.69, 9.17) is 0 Å². The standard InChI is InChI=1S/C17H32N2/c1-4-14-10-15(14)19-12-17(8-6-5-7-9-17)18-11-16(19)13(2)3/h13-16,18H,4-12H2,1-3H3. The van der Waals surface area contributed by atoms with Crippen LogP contribution in [-0.2, 0) is 0 Å². The topological polar surface area (TPSA) is 15.3 Å². The van der Waals surface area contributed by atoms with Crippen LogP contribution in [0.3, 0.4) is 0 Å². The van der Waals surface area contributed by atoms with E-state index in [-0.39, 0.29) is 0 Å². The molecule has 2 heteroatoms. The lowest BCUT2D eigenvalue weighted by Crippen LogP contribution is -2.66. The second kappa shape index (κ2) is 5.37. The molecule has 2 nitrogen and oxygen atoms in total. The molecule has 0 aromatic rings. The van der Waals surface area contributed by atoms with Crippen molar-refractivity contribution >= 4 is 0 Å². The summed E-state index contributed by atoms with van der Waals surface area (Å²) in [6.45, 7) is 9.73. The number of hydrogen-bond donors (Lipinski definition) is 1. The van der Waals surface area contributed by atoms with Gasteiger partial charge in [0.2, 0.25) is 0 Å². The Morgan fingerprint density at radius 1 is 1.21 bits per heavy atom. The van der Waals surface area contributed by atoms with Crippen molar-refractivity contribution < 1.29 is 0 Å². The van der Waals surface area contributed by atoms with E-state index in [2.05, 4.69) is 31.0 Å². The molecule has 0 bridgehead atoms. The van der Waals surface area contributed by atoms with Gasteiger partial charge in [-0.05, 0) is 31.1 Å². The normalized spacial score (nSPS) is 38.8. The average Bonchev–Trinajstić information content (AvgIpc) is 3.18. The zero-order valence-corrected chi connectivity index (χ0v) is 13.1. The number of piperazine rings is 1. The van der Waals surface area contributed by atoms with Gasteiger partial charge in [0.1, 0.15) is 0 Å². The third kappa shape index (κ3) is 2.71. The molecule has 3 aliphatic rings. The molecule has 1 N–H and O–H groups in total. The lowest BCUT2D eigenvalue weighted by atomic mass is 9.78. The minimum Gasteiger partial charge on any atom is -0.308 e. The SMILES string of the molecule is CCC1CC1N1CC2(CCCCC2)NCC1C(C)C. The highest BCUT2D eigenvalue weighted by Gasteiger charge is 2.49. The molecule has 0 amide bonds. The van der Waals surface area contributed by atoms with Crippen LogP contribution in [0.5, 0.6) is 0 Å². The first kappa shape index (κ1) is 13.9. The van der Waals surface area contributed by atoms with Gasteiger partial charge in [0.05, 0.1) is 0 Å². The maximum Gasteiger partial charge on any atom is 0.0309 e. The third-order valence-electron chi connectivity index (χ3n) is 6.01. The van der Waals surface area contributed by atoms with Gasteiger partial charge >= 0.3 is 0 Å². The first-order valence-corrected chi connectivity index (χ1v) is 8.66. The summed E-state index contributed by atoms with van der Waals surface area (Å²) in [5, 5.41) is 3.97. The second-order valence-electron chi connectivity index (χ2n) is 7.68. The molecule has 1 saturated heterocycles. The zero-order chi connectivity index (χ0) is 13.5. The van der Waals surface area contributed by atoms with E-state index in [1.165, 1.54) is 58.0 Å². The Morgan fingerprint density at radius 2 is 1.95 bits per heavy atom. The predicted octanol–water partition coefficient (Wildman–Crippen LogP) is 3.42. The van der Waals surface area contributed by atoms with E-state index < -0.39 is 0 Å². The van der Waals surface area contributed by atoms with E-state index in [1.54, 1.807) is 0 Å². The molecule has 19 heavy (non-hydrogen) atoms. The lowest BCUT2D eigenvalue weighted by molar-refractivity contribution is 0.0270. The highest BCUT2D eigenvalue weighted by Crippen LogP contribution is 2.43. The van der Waals surface area contributed by atoms with Crippen LogP contribution in [0.2, 0.25) is 0 Å². The maximum atomic E-state index is 3.97. The van der Waals surface area contributed by atoms with Crippen molar-refractivity contribution in [2.75, 3.05) is 13.1 Å². The van der Waals surface area contributed by atoms with Crippen LogP contribution in [0.4, 0.5) is 0 Å². The molecule has 2 saturated carbocycles. The summed E-state index contributed by atoms with van der Waals surface area (Å²) in [6.07, 6.45) is 10.0. The Balaban J connectivity index is 1.71. The van der Waals surface area contributed by atoms with Crippen LogP contribution in [0.25, 0.3) is 0 Å². The van der Waals surface area contributed by atoms with Gasteiger partial charge in [-0.1, -0.05) is 46.5 Å². The minimum atomic E-state index is 0.477. The summed E-state index contributed by atoms with van der Waals surface area (Å²) in [5.74, 6) is 1.78. The Bertz CT molecular complexity index is 306. The zero-order valence-electron chi connectivity index (χ0n) is 13.1. The van der Waals surface area contributed by atoms with Gasteiger partial charge in [-0.15, -0.1) is 0 Å². The van der Waals surface area contributed by atoms with Crippen LogP contribution in [0, 0.1) is 11.8 Å². The predicted molar refractivity (Wildman–Crippen MR) is 81.3 cm³/mol. The summed E-state index contributed by atoms with van der Waals surface area (Å²) in [7, 11) is 0. The van der Waals surface area contributed by atoms with E-state index in [0.29, 0.717) is 5.54 Å². The van der Waals surface area contributed by atoms with Gasteiger partial charge < -0.3 is 5.32 Å². The van der Waals surface area contributed by atoms with Crippen molar-refractivity contribution in [1.29, 1.82) is 0 Å². The largest absolute Gasteiger partial charge is 0.308 e. The van der Waals surface area contributed by atoms with Gasteiger partial charge in [-0.3, -0.25) is 4.90 Å². The fourth-order valence-corrected chi connectivity index (χ4v) is 4.58. The molecule has 1 heterocycles. The Labute approximate surface area is 119 Å². The monoisotopic (exact) mass is 264 g/mol. The number of hydrogen-bond acceptors (Lipinski definition) is 2. The van der Waals surface area contributed by atoms with E-state index in [9.17, 15) is 0 Å². The van der Waals surface area contributed by atoms with Gasteiger partial charge in [-0.25, -0.2) is 0 Å². The van der Waals surface area contributed by atoms with E-state index >= 15 is 0 Å². The summed E-state index contributed by atoms with van der Waals surface area (Å²) < 4.78 is 0. The molecule has 3 fully saturated rings. The quantitative estimate of drug-likeness (QED) is 0.840. The second-order valence-corrected chi connectivity index (χ2v) is 7.68. The Kier molecular flexibility index (Phi) is 3.92. The average molecular weight is 264 g/mol. The Hall–Kier alpha value is -0.0800. The fraction of sp³-hybridized carbons (Fsp3) is 1.00. The van der Waals surface area contributed by atoms with Gasteiger partial charge in [0.25, 0.3) is 0 Å². The Morgan fingerprint density at radius 3 is 2.53 bits per heavy atom. The van der Waals surface area contributed by atoms with Crippen molar-refractivity contribution in [1.82, 2.24) is 10.2 Å². The molecule has 3 unspecified atom stereocenters. The smallest absolute Gasteiger partial charge is 0.0309 e. The van der Waals surface area contributed by atoms with Gasteiger partial charge in [0.15, 0.2) is 0 Å². The molecule has 1 aliphatic heterocycles. The third-order valence-corrected chi connectivity index (χ3v) is 6.01. The van der Waals surface area contributed by atoms with Crippen molar-refractivity contribution in [2.24, 2.45) is 11.8 Å². The van der Waals surface area contributed by atoms with Crippen LogP contribution < -0.4 is 5.32 Å². The molecular weight excluding hydrogens is 232 g/mol. The highest BCUT2D eigenvalue weighted by molar-refractivity contribution is 5.06. The van der Waals surface area contributed by atoms with Crippen molar-refractivity contribution in [3.8, 4) is 0 Å². The van der Waals surface area contributed by atoms with E-state index in [1.807, 2.05) is 0 Å². The maximum absolute atomic E-state index is 3.97. The van der Waals surface area contributed by atoms with Gasteiger partial charge in [0, 0.05) is 30.7 Å². The van der Waals surface area contributed by atoms with Crippen LogP contribution >= 0.6 is 0 Å². The van der Waals surface area contributed by atoms with E-state index in [0.717, 1.165) is 23.9 Å². The first-order valence-electron chi connectivity index (χ1n) is 8.66. The molecule has 0 radical (unpaired) electrons.